The fourth-order valence-corrected chi connectivity index (χ4v) is 2.26. The van der Waals surface area contributed by atoms with Gasteiger partial charge >= 0.3 is 0 Å². The number of nitrogens with one attached hydrogen (secondary N) is 1. The fraction of sp³-hybridized carbons (Fsp3) is 0.263. The van der Waals surface area contributed by atoms with Crippen molar-refractivity contribution >= 4 is 12.1 Å². The first-order valence-corrected chi connectivity index (χ1v) is 7.92. The van der Waals surface area contributed by atoms with Gasteiger partial charge in [0.05, 0.1) is 33.5 Å². The van der Waals surface area contributed by atoms with Crippen LogP contribution in [0.15, 0.2) is 47.6 Å². The fourth-order valence-electron chi connectivity index (χ4n) is 2.26. The number of hydrazone groups is 1. The van der Waals surface area contributed by atoms with Crippen molar-refractivity contribution in [3.63, 3.8) is 0 Å². The van der Waals surface area contributed by atoms with Gasteiger partial charge in [-0.15, -0.1) is 0 Å². The number of carbonyl (C=O) groups excluding carboxylic acids is 1. The molecule has 0 aromatic heterocycles. The lowest BCUT2D eigenvalue weighted by Crippen LogP contribution is -2.19. The van der Waals surface area contributed by atoms with Gasteiger partial charge in [-0.25, -0.2) is 5.43 Å². The van der Waals surface area contributed by atoms with Gasteiger partial charge in [0.15, 0.2) is 11.5 Å². The first-order chi connectivity index (χ1) is 12.2. The summed E-state index contributed by atoms with van der Waals surface area (Å²) < 4.78 is 16.2. The maximum atomic E-state index is 11.9. The molecule has 0 radical (unpaired) electrons. The number of ether oxygens (including phenoxy) is 3. The molecule has 0 aliphatic rings. The van der Waals surface area contributed by atoms with Crippen LogP contribution < -0.4 is 19.6 Å². The standard InChI is InChI=1S/C19H22N2O4/c1-4-25-19-16(23-2)10-15(11-17(19)24-3)13-20-21-18(22)12-14-8-6-5-7-9-14/h5-11,13H,4,12H2,1-3H3,(H,21,22)/b20-13-. The Hall–Kier alpha value is -3.02. The molecule has 2 aromatic rings. The molecule has 1 amide bonds. The maximum absolute atomic E-state index is 11.9. The van der Waals surface area contributed by atoms with E-state index < -0.39 is 0 Å². The highest BCUT2D eigenvalue weighted by atomic mass is 16.5. The van der Waals surface area contributed by atoms with E-state index in [-0.39, 0.29) is 12.3 Å². The average Bonchev–Trinajstić information content (AvgIpc) is 2.63. The summed E-state index contributed by atoms with van der Waals surface area (Å²) in [4.78, 5) is 11.9. The van der Waals surface area contributed by atoms with Gasteiger partial charge in [-0.3, -0.25) is 4.79 Å². The maximum Gasteiger partial charge on any atom is 0.244 e. The largest absolute Gasteiger partial charge is 0.493 e. The van der Waals surface area contributed by atoms with Crippen molar-refractivity contribution in [1.82, 2.24) is 5.43 Å². The van der Waals surface area contributed by atoms with Gasteiger partial charge in [-0.1, -0.05) is 30.3 Å². The highest BCUT2D eigenvalue weighted by Gasteiger charge is 2.13. The third-order valence-electron chi connectivity index (χ3n) is 3.38. The number of nitrogens with zero attached hydrogens (tertiary/aromatic N) is 1. The topological polar surface area (TPSA) is 69.2 Å². The molecule has 0 saturated heterocycles. The molecule has 6 heteroatoms. The van der Waals surface area contributed by atoms with Gasteiger partial charge in [0.25, 0.3) is 0 Å². The van der Waals surface area contributed by atoms with E-state index >= 15 is 0 Å². The van der Waals surface area contributed by atoms with Gasteiger partial charge in [0, 0.05) is 5.56 Å². The van der Waals surface area contributed by atoms with Gasteiger partial charge in [0.1, 0.15) is 0 Å². The van der Waals surface area contributed by atoms with E-state index in [4.69, 9.17) is 14.2 Å². The molecule has 2 aromatic carbocycles. The molecule has 0 bridgehead atoms. The normalized spacial score (nSPS) is 10.5. The Morgan fingerprint density at radius 2 is 1.76 bits per heavy atom. The molecule has 0 aliphatic carbocycles. The Labute approximate surface area is 147 Å². The van der Waals surface area contributed by atoms with E-state index in [1.165, 1.54) is 6.21 Å². The predicted octanol–water partition coefficient (Wildman–Crippen LogP) is 2.80. The number of benzene rings is 2. The van der Waals surface area contributed by atoms with Crippen LogP contribution in [-0.4, -0.2) is 32.9 Å². The van der Waals surface area contributed by atoms with E-state index in [2.05, 4.69) is 10.5 Å². The molecule has 0 aliphatic heterocycles. The van der Waals surface area contributed by atoms with E-state index in [1.54, 1.807) is 26.4 Å². The van der Waals surface area contributed by atoms with Crippen LogP contribution in [0.25, 0.3) is 0 Å². The van der Waals surface area contributed by atoms with Crippen molar-refractivity contribution in [3.8, 4) is 17.2 Å². The molecule has 0 unspecified atom stereocenters. The number of rotatable bonds is 8. The molecule has 2 rings (SSSR count). The Morgan fingerprint density at radius 1 is 1.12 bits per heavy atom. The number of methoxy groups -OCH3 is 2. The molecule has 0 atom stereocenters. The van der Waals surface area contributed by atoms with E-state index in [9.17, 15) is 4.79 Å². The van der Waals surface area contributed by atoms with Crippen LogP contribution in [0.3, 0.4) is 0 Å². The van der Waals surface area contributed by atoms with Crippen LogP contribution in [-0.2, 0) is 11.2 Å². The second-order valence-electron chi connectivity index (χ2n) is 5.14. The third kappa shape index (κ3) is 5.24. The first-order valence-electron chi connectivity index (χ1n) is 7.92. The summed E-state index contributed by atoms with van der Waals surface area (Å²) in [5.74, 6) is 1.43. The SMILES string of the molecule is CCOc1c(OC)cc(/C=N\NC(=O)Cc2ccccc2)cc1OC. The summed E-state index contributed by atoms with van der Waals surface area (Å²) in [5, 5.41) is 3.99. The molecule has 0 heterocycles. The smallest absolute Gasteiger partial charge is 0.244 e. The van der Waals surface area contributed by atoms with E-state index in [0.717, 1.165) is 11.1 Å². The number of hydrogen-bond acceptors (Lipinski definition) is 5. The van der Waals surface area contributed by atoms with Gasteiger partial charge in [0.2, 0.25) is 11.7 Å². The zero-order chi connectivity index (χ0) is 18.1. The molecule has 25 heavy (non-hydrogen) atoms. The highest BCUT2D eigenvalue weighted by Crippen LogP contribution is 2.38. The molecule has 132 valence electrons. The van der Waals surface area contributed by atoms with Crippen LogP contribution in [0.4, 0.5) is 0 Å². The molecular formula is C19H22N2O4. The first kappa shape index (κ1) is 18.3. The molecular weight excluding hydrogens is 320 g/mol. The molecule has 1 N–H and O–H groups in total. The quantitative estimate of drug-likeness (QED) is 0.592. The number of hydrogen-bond donors (Lipinski definition) is 1. The minimum absolute atomic E-state index is 0.188. The molecule has 0 saturated carbocycles. The van der Waals surface area contributed by atoms with E-state index in [1.807, 2.05) is 37.3 Å². The Morgan fingerprint density at radius 3 is 2.32 bits per heavy atom. The number of carbonyl (C=O) groups is 1. The Balaban J connectivity index is 2.06. The van der Waals surface area contributed by atoms with Crippen molar-refractivity contribution in [3.05, 3.63) is 53.6 Å². The van der Waals surface area contributed by atoms with Crippen molar-refractivity contribution in [1.29, 1.82) is 0 Å². The second kappa shape index (κ2) is 9.32. The zero-order valence-corrected chi connectivity index (χ0v) is 14.6. The van der Waals surface area contributed by atoms with Crippen LogP contribution in [0.5, 0.6) is 17.2 Å². The monoisotopic (exact) mass is 342 g/mol. The van der Waals surface area contributed by atoms with Crippen molar-refractivity contribution in [2.24, 2.45) is 5.10 Å². The summed E-state index contributed by atoms with van der Waals surface area (Å²) in [6.07, 6.45) is 1.80. The zero-order valence-electron chi connectivity index (χ0n) is 14.6. The molecule has 0 spiro atoms. The summed E-state index contributed by atoms with van der Waals surface area (Å²) in [6, 6.07) is 13.0. The minimum Gasteiger partial charge on any atom is -0.493 e. The summed E-state index contributed by atoms with van der Waals surface area (Å²) >= 11 is 0. The average molecular weight is 342 g/mol. The van der Waals surface area contributed by atoms with Crippen molar-refractivity contribution in [2.75, 3.05) is 20.8 Å². The van der Waals surface area contributed by atoms with Crippen molar-refractivity contribution in [2.45, 2.75) is 13.3 Å². The van der Waals surface area contributed by atoms with E-state index in [0.29, 0.717) is 23.9 Å². The lowest BCUT2D eigenvalue weighted by molar-refractivity contribution is -0.120. The Bertz CT molecular complexity index is 704. The van der Waals surface area contributed by atoms with Gasteiger partial charge in [-0.2, -0.15) is 5.10 Å². The van der Waals surface area contributed by atoms with Crippen LogP contribution in [0.1, 0.15) is 18.1 Å². The summed E-state index contributed by atoms with van der Waals surface area (Å²) in [5.41, 5.74) is 4.16. The third-order valence-corrected chi connectivity index (χ3v) is 3.38. The number of amides is 1. The molecule has 0 fully saturated rings. The summed E-state index contributed by atoms with van der Waals surface area (Å²) in [6.45, 7) is 2.38. The van der Waals surface area contributed by atoms with Crippen LogP contribution in [0, 0.1) is 0 Å². The highest BCUT2D eigenvalue weighted by molar-refractivity contribution is 5.85. The Kier molecular flexibility index (Phi) is 6.83. The van der Waals surface area contributed by atoms with Crippen molar-refractivity contribution < 1.29 is 19.0 Å². The minimum atomic E-state index is -0.188. The lowest BCUT2D eigenvalue weighted by atomic mass is 10.1. The van der Waals surface area contributed by atoms with Gasteiger partial charge < -0.3 is 14.2 Å². The van der Waals surface area contributed by atoms with Crippen LogP contribution >= 0.6 is 0 Å². The predicted molar refractivity (Wildman–Crippen MR) is 96.6 cm³/mol. The second-order valence-corrected chi connectivity index (χ2v) is 5.14. The van der Waals surface area contributed by atoms with Gasteiger partial charge in [-0.05, 0) is 24.6 Å². The summed E-state index contributed by atoms with van der Waals surface area (Å²) in [7, 11) is 3.11. The lowest BCUT2D eigenvalue weighted by Gasteiger charge is -2.14. The molecule has 6 nitrogen and oxygen atoms in total. The van der Waals surface area contributed by atoms with Crippen LogP contribution in [0.2, 0.25) is 0 Å².